The van der Waals surface area contributed by atoms with Crippen molar-refractivity contribution >= 4 is 20.6 Å². The van der Waals surface area contributed by atoms with Gasteiger partial charge in [-0.05, 0) is 35.7 Å². The van der Waals surface area contributed by atoms with Crippen molar-refractivity contribution in [3.63, 3.8) is 0 Å². The molecule has 0 saturated heterocycles. The van der Waals surface area contributed by atoms with Crippen LogP contribution in [0.25, 0.3) is 21.9 Å². The van der Waals surface area contributed by atoms with Crippen LogP contribution in [0.15, 0.2) is 52.3 Å². The number of halogens is 2. The molecular formula is C18H15F2NO3S. The molecule has 0 atom stereocenters. The molecule has 0 N–H and O–H groups in total. The van der Waals surface area contributed by atoms with Crippen LogP contribution >= 0.6 is 0 Å². The van der Waals surface area contributed by atoms with Crippen molar-refractivity contribution < 1.29 is 17.2 Å². The minimum atomic E-state index is -3.52. The molecule has 0 aliphatic heterocycles. The molecule has 1 aromatic heterocycles. The molecule has 2 aromatic carbocycles. The van der Waals surface area contributed by atoms with Crippen LogP contribution in [0.2, 0.25) is 0 Å². The summed E-state index contributed by atoms with van der Waals surface area (Å²) in [5.41, 5.74) is -0.0551. The van der Waals surface area contributed by atoms with Gasteiger partial charge in [0.25, 0.3) is 5.56 Å². The Morgan fingerprint density at radius 1 is 1.00 bits per heavy atom. The molecule has 0 radical (unpaired) electrons. The number of pyridine rings is 1. The van der Waals surface area contributed by atoms with E-state index < -0.39 is 27.0 Å². The normalized spacial score (nSPS) is 11.8. The van der Waals surface area contributed by atoms with Crippen LogP contribution < -0.4 is 5.56 Å². The number of sulfone groups is 1. The molecule has 1 heterocycles. The fourth-order valence-corrected chi connectivity index (χ4v) is 3.63. The zero-order valence-electron chi connectivity index (χ0n) is 13.6. The van der Waals surface area contributed by atoms with Gasteiger partial charge in [-0.25, -0.2) is 17.2 Å². The van der Waals surface area contributed by atoms with Crippen molar-refractivity contribution in [2.45, 2.75) is 11.8 Å². The SMILES string of the molecule is CCS(=O)(=O)c1ccc(F)c(-c2cn(C)c(=O)c3cc(F)ccc23)c1. The molecule has 0 bridgehead atoms. The lowest BCUT2D eigenvalue weighted by atomic mass is 10.00. The molecule has 4 nitrogen and oxygen atoms in total. The number of aromatic nitrogens is 1. The minimum Gasteiger partial charge on any atom is -0.317 e. The number of rotatable bonds is 3. The number of aryl methyl sites for hydroxylation is 1. The summed E-state index contributed by atoms with van der Waals surface area (Å²) in [5, 5.41) is 0.456. The smallest absolute Gasteiger partial charge is 0.258 e. The van der Waals surface area contributed by atoms with Gasteiger partial charge in [0.15, 0.2) is 9.84 Å². The van der Waals surface area contributed by atoms with Crippen LogP contribution in [0.1, 0.15) is 6.92 Å². The van der Waals surface area contributed by atoms with E-state index in [4.69, 9.17) is 0 Å². The fourth-order valence-electron chi connectivity index (χ4n) is 2.73. The van der Waals surface area contributed by atoms with Gasteiger partial charge < -0.3 is 4.57 Å². The van der Waals surface area contributed by atoms with Crippen LogP contribution in [0.3, 0.4) is 0 Å². The van der Waals surface area contributed by atoms with Gasteiger partial charge in [0.1, 0.15) is 11.6 Å². The summed E-state index contributed by atoms with van der Waals surface area (Å²) in [7, 11) is -2.05. The average Bonchev–Trinajstić information content (AvgIpc) is 2.58. The van der Waals surface area contributed by atoms with Crippen molar-refractivity contribution in [1.82, 2.24) is 4.57 Å². The van der Waals surface area contributed by atoms with E-state index in [0.717, 1.165) is 12.1 Å². The lowest BCUT2D eigenvalue weighted by Gasteiger charge is -2.12. The highest BCUT2D eigenvalue weighted by Gasteiger charge is 2.18. The lowest BCUT2D eigenvalue weighted by molar-refractivity contribution is 0.596. The van der Waals surface area contributed by atoms with Gasteiger partial charge in [0.2, 0.25) is 0 Å². The van der Waals surface area contributed by atoms with Crippen LogP contribution in [-0.2, 0) is 16.9 Å². The van der Waals surface area contributed by atoms with Gasteiger partial charge in [-0.15, -0.1) is 0 Å². The lowest BCUT2D eigenvalue weighted by Crippen LogP contribution is -2.17. The maximum Gasteiger partial charge on any atom is 0.258 e. The van der Waals surface area contributed by atoms with Gasteiger partial charge >= 0.3 is 0 Å². The highest BCUT2D eigenvalue weighted by molar-refractivity contribution is 7.91. The van der Waals surface area contributed by atoms with Crippen molar-refractivity contribution in [3.8, 4) is 11.1 Å². The second kappa shape index (κ2) is 6.07. The number of hydrogen-bond acceptors (Lipinski definition) is 3. The first-order valence-corrected chi connectivity index (χ1v) is 9.21. The number of benzene rings is 2. The standard InChI is InChI=1S/C18H15F2NO3S/c1-3-25(23,24)12-5-7-17(20)14(9-12)16-10-21(2)18(22)15-8-11(19)4-6-13(15)16/h4-10H,3H2,1-2H3. The van der Waals surface area contributed by atoms with E-state index in [1.807, 2.05) is 0 Å². The summed E-state index contributed by atoms with van der Waals surface area (Å²) in [4.78, 5) is 12.2. The van der Waals surface area contributed by atoms with E-state index in [2.05, 4.69) is 0 Å². The van der Waals surface area contributed by atoms with E-state index in [-0.39, 0.29) is 21.6 Å². The summed E-state index contributed by atoms with van der Waals surface area (Å²) < 4.78 is 53.4. The van der Waals surface area contributed by atoms with Crippen LogP contribution in [0.4, 0.5) is 8.78 Å². The van der Waals surface area contributed by atoms with E-state index in [0.29, 0.717) is 10.9 Å². The molecular weight excluding hydrogens is 348 g/mol. The molecule has 0 aliphatic carbocycles. The third kappa shape index (κ3) is 2.95. The van der Waals surface area contributed by atoms with Gasteiger partial charge in [0.05, 0.1) is 16.0 Å². The largest absolute Gasteiger partial charge is 0.317 e. The van der Waals surface area contributed by atoms with Gasteiger partial charge in [-0.3, -0.25) is 4.79 Å². The van der Waals surface area contributed by atoms with Gasteiger partial charge in [-0.2, -0.15) is 0 Å². The highest BCUT2D eigenvalue weighted by atomic mass is 32.2. The predicted octanol–water partition coefficient (Wildman–Crippen LogP) is 3.28. The second-order valence-electron chi connectivity index (χ2n) is 5.69. The molecule has 0 fully saturated rings. The van der Waals surface area contributed by atoms with Crippen LogP contribution in [0.5, 0.6) is 0 Å². The van der Waals surface area contributed by atoms with E-state index in [1.54, 1.807) is 0 Å². The Bertz CT molecular complexity index is 1150. The van der Waals surface area contributed by atoms with E-state index in [9.17, 15) is 22.0 Å². The monoisotopic (exact) mass is 363 g/mol. The second-order valence-corrected chi connectivity index (χ2v) is 7.97. The Kier molecular flexibility index (Phi) is 4.20. The first-order chi connectivity index (χ1) is 11.7. The topological polar surface area (TPSA) is 56.1 Å². The summed E-state index contributed by atoms with van der Waals surface area (Å²) >= 11 is 0. The Morgan fingerprint density at radius 3 is 2.40 bits per heavy atom. The maximum absolute atomic E-state index is 14.4. The minimum absolute atomic E-state index is 0.00415. The molecule has 3 aromatic rings. The third-order valence-electron chi connectivity index (χ3n) is 4.11. The van der Waals surface area contributed by atoms with Crippen molar-refractivity contribution in [2.24, 2.45) is 7.05 Å². The summed E-state index contributed by atoms with van der Waals surface area (Å²) in [6, 6.07) is 7.19. The highest BCUT2D eigenvalue weighted by Crippen LogP contribution is 2.31. The molecule has 0 amide bonds. The quantitative estimate of drug-likeness (QED) is 0.671. The van der Waals surface area contributed by atoms with Crippen molar-refractivity contribution in [2.75, 3.05) is 5.75 Å². The fraction of sp³-hybridized carbons (Fsp3) is 0.167. The average molecular weight is 363 g/mol. The molecule has 0 aliphatic rings. The van der Waals surface area contributed by atoms with Gasteiger partial charge in [0, 0.05) is 24.4 Å². The molecule has 7 heteroatoms. The number of hydrogen-bond donors (Lipinski definition) is 0. The number of fused-ring (bicyclic) bond motifs is 1. The molecule has 0 spiro atoms. The predicted molar refractivity (Wildman–Crippen MR) is 92.3 cm³/mol. The Balaban J connectivity index is 2.40. The summed E-state index contributed by atoms with van der Waals surface area (Å²) in [6.07, 6.45) is 1.42. The van der Waals surface area contributed by atoms with E-state index >= 15 is 0 Å². The van der Waals surface area contributed by atoms with Crippen molar-refractivity contribution in [1.29, 1.82) is 0 Å². The number of nitrogens with zero attached hydrogens (tertiary/aromatic N) is 1. The first-order valence-electron chi connectivity index (χ1n) is 7.56. The van der Waals surface area contributed by atoms with E-state index in [1.165, 1.54) is 49.0 Å². The molecule has 130 valence electrons. The molecule has 3 rings (SSSR count). The maximum atomic E-state index is 14.4. The molecule has 25 heavy (non-hydrogen) atoms. The Morgan fingerprint density at radius 2 is 1.72 bits per heavy atom. The Hall–Kier alpha value is -2.54. The van der Waals surface area contributed by atoms with Gasteiger partial charge in [-0.1, -0.05) is 13.0 Å². The Labute approximate surface area is 143 Å². The summed E-state index contributed by atoms with van der Waals surface area (Å²) in [6.45, 7) is 1.50. The third-order valence-corrected chi connectivity index (χ3v) is 5.84. The van der Waals surface area contributed by atoms with Crippen LogP contribution in [0, 0.1) is 11.6 Å². The molecule has 0 saturated carbocycles. The van der Waals surface area contributed by atoms with Crippen LogP contribution in [-0.4, -0.2) is 18.7 Å². The zero-order chi connectivity index (χ0) is 18.4. The van der Waals surface area contributed by atoms with Crippen molar-refractivity contribution in [3.05, 3.63) is 64.6 Å². The summed E-state index contributed by atoms with van der Waals surface area (Å²) in [5.74, 6) is -1.32. The molecule has 0 unspecified atom stereocenters. The zero-order valence-corrected chi connectivity index (χ0v) is 14.4. The first kappa shape index (κ1) is 17.3.